The summed E-state index contributed by atoms with van der Waals surface area (Å²) in [7, 11) is 0. The average Bonchev–Trinajstić information content (AvgIpc) is 2.65. The average molecular weight is 300 g/mol. The van der Waals surface area contributed by atoms with Crippen LogP contribution in [0.4, 0.5) is 4.39 Å². The summed E-state index contributed by atoms with van der Waals surface area (Å²) in [5.41, 5.74) is 1.08. The topological polar surface area (TPSA) is 13.1 Å². The summed E-state index contributed by atoms with van der Waals surface area (Å²) >= 11 is 9.39. The van der Waals surface area contributed by atoms with Crippen LogP contribution in [0, 0.1) is 5.82 Å². The van der Waals surface area contributed by atoms with Crippen molar-refractivity contribution in [2.24, 2.45) is 0 Å². The normalized spacial score (nSPS) is 11.4. The van der Waals surface area contributed by atoms with Crippen LogP contribution in [-0.4, -0.2) is 0 Å². The molecule has 0 aliphatic heterocycles. The Morgan fingerprint density at radius 2 is 1.94 bits per heavy atom. The molecule has 1 aromatic heterocycles. The van der Waals surface area contributed by atoms with Gasteiger partial charge in [0.1, 0.15) is 11.4 Å². The first-order valence-electron chi connectivity index (χ1n) is 4.63. The number of halogens is 3. The van der Waals surface area contributed by atoms with E-state index in [1.165, 1.54) is 6.07 Å². The zero-order valence-electron chi connectivity index (χ0n) is 7.93. The smallest absolute Gasteiger partial charge is 0.152 e. The highest BCUT2D eigenvalue weighted by atomic mass is 79.9. The molecule has 0 fully saturated rings. The molecule has 0 aliphatic rings. The van der Waals surface area contributed by atoms with Crippen molar-refractivity contribution in [1.82, 2.24) is 0 Å². The van der Waals surface area contributed by atoms with Gasteiger partial charge in [-0.25, -0.2) is 4.39 Å². The summed E-state index contributed by atoms with van der Waals surface area (Å²) in [6.07, 6.45) is 0. The van der Waals surface area contributed by atoms with Crippen LogP contribution in [0.1, 0.15) is 0 Å². The van der Waals surface area contributed by atoms with Crippen LogP contribution in [0.3, 0.4) is 0 Å². The zero-order valence-corrected chi connectivity index (χ0v) is 10.3. The molecule has 0 unspecified atom stereocenters. The summed E-state index contributed by atoms with van der Waals surface area (Å²) in [4.78, 5) is 0. The lowest BCUT2D eigenvalue weighted by atomic mass is 10.1. The molecule has 2 aromatic carbocycles. The number of benzene rings is 2. The van der Waals surface area contributed by atoms with Gasteiger partial charge in [0.05, 0.1) is 14.9 Å². The van der Waals surface area contributed by atoms with Gasteiger partial charge in [-0.05, 0) is 40.2 Å². The Morgan fingerprint density at radius 1 is 1.12 bits per heavy atom. The van der Waals surface area contributed by atoms with E-state index in [1.807, 2.05) is 0 Å². The summed E-state index contributed by atoms with van der Waals surface area (Å²) in [5, 5.41) is 1.54. The van der Waals surface area contributed by atoms with Gasteiger partial charge >= 0.3 is 0 Å². The van der Waals surface area contributed by atoms with Crippen LogP contribution in [-0.2, 0) is 0 Å². The molecule has 16 heavy (non-hydrogen) atoms. The fourth-order valence-corrected chi connectivity index (χ4v) is 2.48. The van der Waals surface area contributed by atoms with Crippen molar-refractivity contribution in [3.05, 3.63) is 45.6 Å². The summed E-state index contributed by atoms with van der Waals surface area (Å²) < 4.78 is 20.1. The van der Waals surface area contributed by atoms with E-state index in [0.717, 1.165) is 4.47 Å². The maximum absolute atomic E-state index is 13.8. The minimum Gasteiger partial charge on any atom is -0.455 e. The lowest BCUT2D eigenvalue weighted by Crippen LogP contribution is -1.77. The minimum absolute atomic E-state index is 0.329. The van der Waals surface area contributed by atoms with E-state index >= 15 is 0 Å². The van der Waals surface area contributed by atoms with Crippen LogP contribution in [0.2, 0.25) is 5.02 Å². The highest BCUT2D eigenvalue weighted by molar-refractivity contribution is 9.10. The minimum atomic E-state index is -0.329. The van der Waals surface area contributed by atoms with Gasteiger partial charge in [0.2, 0.25) is 0 Å². The van der Waals surface area contributed by atoms with E-state index < -0.39 is 0 Å². The van der Waals surface area contributed by atoms with E-state index in [2.05, 4.69) is 15.9 Å². The summed E-state index contributed by atoms with van der Waals surface area (Å²) in [6, 6.07) is 8.28. The van der Waals surface area contributed by atoms with Gasteiger partial charge in [-0.3, -0.25) is 0 Å². The quantitative estimate of drug-likeness (QED) is 0.560. The molecule has 3 rings (SSSR count). The van der Waals surface area contributed by atoms with Gasteiger partial charge in [-0.2, -0.15) is 0 Å². The highest BCUT2D eigenvalue weighted by Crippen LogP contribution is 2.38. The molecule has 0 N–H and O–H groups in total. The van der Waals surface area contributed by atoms with Crippen molar-refractivity contribution >= 4 is 49.5 Å². The molecule has 1 heterocycles. The third kappa shape index (κ3) is 1.28. The van der Waals surface area contributed by atoms with E-state index in [1.54, 1.807) is 24.3 Å². The molecule has 4 heteroatoms. The van der Waals surface area contributed by atoms with Gasteiger partial charge in [0, 0.05) is 5.39 Å². The van der Waals surface area contributed by atoms with Crippen LogP contribution < -0.4 is 0 Å². The molecule has 0 spiro atoms. The largest absolute Gasteiger partial charge is 0.455 e. The second kappa shape index (κ2) is 3.47. The maximum atomic E-state index is 13.8. The predicted molar refractivity (Wildman–Crippen MR) is 66.4 cm³/mol. The molecule has 0 amide bonds. The Kier molecular flexibility index (Phi) is 2.19. The second-order valence-corrected chi connectivity index (χ2v) is 4.71. The van der Waals surface area contributed by atoms with Gasteiger partial charge in [-0.15, -0.1) is 0 Å². The molecule has 80 valence electrons. The van der Waals surface area contributed by atoms with E-state index in [-0.39, 0.29) is 5.82 Å². The van der Waals surface area contributed by atoms with Crippen LogP contribution in [0.5, 0.6) is 0 Å². The fraction of sp³-hybridized carbons (Fsp3) is 0. The number of fused-ring (bicyclic) bond motifs is 3. The monoisotopic (exact) mass is 298 g/mol. The van der Waals surface area contributed by atoms with Crippen LogP contribution in [0.15, 0.2) is 39.2 Å². The van der Waals surface area contributed by atoms with Crippen molar-refractivity contribution in [3.63, 3.8) is 0 Å². The molecule has 1 nitrogen and oxygen atoms in total. The van der Waals surface area contributed by atoms with Gasteiger partial charge < -0.3 is 4.42 Å². The third-order valence-electron chi connectivity index (χ3n) is 2.50. The third-order valence-corrected chi connectivity index (χ3v) is 3.44. The number of hydrogen-bond donors (Lipinski definition) is 0. The molecular formula is C12H5BrClFO. The van der Waals surface area contributed by atoms with Crippen molar-refractivity contribution in [2.45, 2.75) is 0 Å². The Hall–Kier alpha value is -1.06. The van der Waals surface area contributed by atoms with Crippen molar-refractivity contribution in [1.29, 1.82) is 0 Å². The molecule has 0 radical (unpaired) electrons. The molecule has 3 aromatic rings. The lowest BCUT2D eigenvalue weighted by Gasteiger charge is -1.95. The zero-order chi connectivity index (χ0) is 11.3. The Balaban J connectivity index is 2.68. The highest BCUT2D eigenvalue weighted by Gasteiger charge is 2.15. The SMILES string of the molecule is Fc1ccc(Br)c2oc3cccc(Cl)c3c12. The number of furan rings is 1. The first-order chi connectivity index (χ1) is 7.68. The van der Waals surface area contributed by atoms with Gasteiger partial charge in [0.25, 0.3) is 0 Å². The number of rotatable bonds is 0. The van der Waals surface area contributed by atoms with Gasteiger partial charge in [-0.1, -0.05) is 17.7 Å². The predicted octanol–water partition coefficient (Wildman–Crippen LogP) is 5.14. The van der Waals surface area contributed by atoms with E-state index in [0.29, 0.717) is 27.0 Å². The molecule has 0 bridgehead atoms. The van der Waals surface area contributed by atoms with E-state index in [4.69, 9.17) is 16.0 Å². The molecule has 0 aliphatic carbocycles. The van der Waals surface area contributed by atoms with Crippen molar-refractivity contribution < 1.29 is 8.81 Å². The Labute approximate surface area is 104 Å². The second-order valence-electron chi connectivity index (χ2n) is 3.45. The van der Waals surface area contributed by atoms with Crippen molar-refractivity contribution in [2.75, 3.05) is 0 Å². The summed E-state index contributed by atoms with van der Waals surface area (Å²) in [5.74, 6) is -0.329. The fourth-order valence-electron chi connectivity index (χ4n) is 1.81. The standard InChI is InChI=1S/C12H5BrClFO/c13-6-4-5-8(15)11-10-7(14)2-1-3-9(10)16-12(6)11/h1-5H. The van der Waals surface area contributed by atoms with Crippen LogP contribution >= 0.6 is 27.5 Å². The summed E-state index contributed by atoms with van der Waals surface area (Å²) in [6.45, 7) is 0. The maximum Gasteiger partial charge on any atom is 0.152 e. The van der Waals surface area contributed by atoms with Gasteiger partial charge in [0.15, 0.2) is 5.58 Å². The van der Waals surface area contributed by atoms with E-state index in [9.17, 15) is 4.39 Å². The molecule has 0 atom stereocenters. The van der Waals surface area contributed by atoms with Crippen LogP contribution in [0.25, 0.3) is 21.9 Å². The first-order valence-corrected chi connectivity index (χ1v) is 5.80. The lowest BCUT2D eigenvalue weighted by molar-refractivity contribution is 0.633. The number of hydrogen-bond acceptors (Lipinski definition) is 1. The Morgan fingerprint density at radius 3 is 2.75 bits per heavy atom. The molecule has 0 saturated heterocycles. The first kappa shape index (κ1) is 10.1. The Bertz CT molecular complexity index is 705. The molecular weight excluding hydrogens is 294 g/mol. The molecule has 0 saturated carbocycles. The van der Waals surface area contributed by atoms with Crippen molar-refractivity contribution in [3.8, 4) is 0 Å².